The van der Waals surface area contributed by atoms with Gasteiger partial charge in [-0.15, -0.1) is 0 Å². The molecule has 3 rings (SSSR count). The highest BCUT2D eigenvalue weighted by Crippen LogP contribution is 2.30. The lowest BCUT2D eigenvalue weighted by atomic mass is 10.0. The highest BCUT2D eigenvalue weighted by molar-refractivity contribution is 5.26. The van der Waals surface area contributed by atoms with Gasteiger partial charge in [0.2, 0.25) is 0 Å². The predicted octanol–water partition coefficient (Wildman–Crippen LogP) is 4.78. The molecule has 0 aliphatic carbocycles. The van der Waals surface area contributed by atoms with Gasteiger partial charge in [0, 0.05) is 0 Å². The minimum atomic E-state index is 0.0521. The van der Waals surface area contributed by atoms with E-state index < -0.39 is 0 Å². The van der Waals surface area contributed by atoms with E-state index in [2.05, 4.69) is 62.4 Å². The molecule has 2 nitrogen and oxygen atoms in total. The maximum absolute atomic E-state index is 6.04. The lowest BCUT2D eigenvalue weighted by Crippen LogP contribution is -2.25. The van der Waals surface area contributed by atoms with Crippen molar-refractivity contribution in [3.05, 3.63) is 70.8 Å². The highest BCUT2D eigenvalue weighted by Gasteiger charge is 2.24. The number of aryl methyl sites for hydroxylation is 2. The molecule has 0 saturated carbocycles. The summed E-state index contributed by atoms with van der Waals surface area (Å²) in [6, 6.07) is 17.2. The molecule has 2 heteroatoms. The summed E-state index contributed by atoms with van der Waals surface area (Å²) >= 11 is 0. The lowest BCUT2D eigenvalue weighted by molar-refractivity contribution is -0.137. The van der Waals surface area contributed by atoms with Gasteiger partial charge in [0.25, 0.3) is 0 Å². The summed E-state index contributed by atoms with van der Waals surface area (Å²) in [4.78, 5) is 0. The number of rotatable bonds is 4. The molecule has 0 amide bonds. The Balaban J connectivity index is 1.60. The summed E-state index contributed by atoms with van der Waals surface area (Å²) < 4.78 is 12.1. The van der Waals surface area contributed by atoms with Crippen LogP contribution in [0, 0.1) is 6.92 Å². The smallest absolute Gasteiger partial charge is 0.106 e. The molecule has 1 heterocycles. The summed E-state index contributed by atoms with van der Waals surface area (Å²) in [5.41, 5.74) is 5.07. The predicted molar refractivity (Wildman–Crippen MR) is 89.0 cm³/mol. The van der Waals surface area contributed by atoms with Crippen molar-refractivity contribution in [2.45, 2.75) is 38.9 Å². The maximum atomic E-state index is 6.04. The van der Waals surface area contributed by atoms with Crippen molar-refractivity contribution >= 4 is 0 Å². The van der Waals surface area contributed by atoms with E-state index in [4.69, 9.17) is 9.47 Å². The van der Waals surface area contributed by atoms with Crippen LogP contribution in [0.1, 0.15) is 47.8 Å². The molecule has 2 atom stereocenters. The molecule has 0 aromatic heterocycles. The van der Waals surface area contributed by atoms with Crippen molar-refractivity contribution < 1.29 is 9.47 Å². The number of ether oxygens (including phenoxy) is 2. The largest absolute Gasteiger partial charge is 0.368 e. The van der Waals surface area contributed by atoms with Gasteiger partial charge in [0.15, 0.2) is 0 Å². The molecule has 1 saturated heterocycles. The Labute approximate surface area is 133 Å². The highest BCUT2D eigenvalue weighted by atomic mass is 16.6. The first kappa shape index (κ1) is 15.3. The van der Waals surface area contributed by atoms with Crippen LogP contribution < -0.4 is 0 Å². The van der Waals surface area contributed by atoms with Gasteiger partial charge in [-0.25, -0.2) is 0 Å². The quantitative estimate of drug-likeness (QED) is 0.808. The Morgan fingerprint density at radius 3 is 1.77 bits per heavy atom. The Morgan fingerprint density at radius 2 is 1.32 bits per heavy atom. The minimum absolute atomic E-state index is 0.0521. The first-order chi connectivity index (χ1) is 10.8. The lowest BCUT2D eigenvalue weighted by Gasteiger charge is -2.30. The van der Waals surface area contributed by atoms with Gasteiger partial charge < -0.3 is 9.47 Å². The van der Waals surface area contributed by atoms with Crippen molar-refractivity contribution in [1.82, 2.24) is 0 Å². The van der Waals surface area contributed by atoms with Crippen LogP contribution >= 0.6 is 0 Å². The SMILES string of the molecule is CCCc1ccc([C@@H]2CO[C@@H](c3ccc(C)cc3)CO2)cc1. The molecule has 2 aromatic rings. The molecule has 22 heavy (non-hydrogen) atoms. The fraction of sp³-hybridized carbons (Fsp3) is 0.400. The Morgan fingerprint density at radius 1 is 0.818 bits per heavy atom. The van der Waals surface area contributed by atoms with E-state index >= 15 is 0 Å². The zero-order valence-electron chi connectivity index (χ0n) is 13.4. The van der Waals surface area contributed by atoms with Crippen LogP contribution in [-0.4, -0.2) is 13.2 Å². The van der Waals surface area contributed by atoms with Crippen molar-refractivity contribution in [2.75, 3.05) is 13.2 Å². The van der Waals surface area contributed by atoms with E-state index in [1.54, 1.807) is 0 Å². The topological polar surface area (TPSA) is 18.5 Å². The summed E-state index contributed by atoms with van der Waals surface area (Å²) in [5, 5.41) is 0. The Bertz CT molecular complexity index is 578. The summed E-state index contributed by atoms with van der Waals surface area (Å²) in [7, 11) is 0. The zero-order valence-corrected chi connectivity index (χ0v) is 13.4. The average molecular weight is 296 g/mol. The molecule has 0 spiro atoms. The standard InChI is InChI=1S/C20H24O2/c1-3-4-16-7-11-18(12-8-16)20-14-21-19(13-22-20)17-9-5-15(2)6-10-17/h5-12,19-20H,3-4,13-14H2,1-2H3/t19-,20+/m1/s1. The third-order valence-electron chi connectivity index (χ3n) is 4.24. The van der Waals surface area contributed by atoms with Gasteiger partial charge in [-0.05, 0) is 30.0 Å². The van der Waals surface area contributed by atoms with E-state index in [0.717, 1.165) is 6.42 Å². The molecule has 1 aliphatic heterocycles. The normalized spacial score (nSPS) is 21.7. The first-order valence-electron chi connectivity index (χ1n) is 8.15. The van der Waals surface area contributed by atoms with Crippen LogP contribution in [0.4, 0.5) is 0 Å². The molecule has 0 bridgehead atoms. The second-order valence-corrected chi connectivity index (χ2v) is 6.05. The third kappa shape index (κ3) is 3.57. The second kappa shape index (κ2) is 7.08. The van der Waals surface area contributed by atoms with Crippen LogP contribution in [0.5, 0.6) is 0 Å². The summed E-state index contributed by atoms with van der Waals surface area (Å²) in [6.45, 7) is 5.54. The van der Waals surface area contributed by atoms with Crippen LogP contribution in [0.2, 0.25) is 0 Å². The van der Waals surface area contributed by atoms with Gasteiger partial charge in [0.05, 0.1) is 13.2 Å². The molecule has 1 aliphatic rings. The molecule has 116 valence electrons. The van der Waals surface area contributed by atoms with Gasteiger partial charge in [-0.3, -0.25) is 0 Å². The number of benzene rings is 2. The third-order valence-corrected chi connectivity index (χ3v) is 4.24. The summed E-state index contributed by atoms with van der Waals surface area (Å²) in [6.07, 6.45) is 2.42. The molecule has 1 fully saturated rings. The van der Waals surface area contributed by atoms with Crippen molar-refractivity contribution in [3.63, 3.8) is 0 Å². The Kier molecular flexibility index (Phi) is 4.91. The van der Waals surface area contributed by atoms with E-state index in [-0.39, 0.29) is 12.2 Å². The zero-order chi connectivity index (χ0) is 15.4. The molecular formula is C20H24O2. The van der Waals surface area contributed by atoms with E-state index in [9.17, 15) is 0 Å². The van der Waals surface area contributed by atoms with Crippen LogP contribution in [0.15, 0.2) is 48.5 Å². The van der Waals surface area contributed by atoms with E-state index in [1.165, 1.54) is 28.7 Å². The monoisotopic (exact) mass is 296 g/mol. The van der Waals surface area contributed by atoms with Crippen molar-refractivity contribution in [2.24, 2.45) is 0 Å². The van der Waals surface area contributed by atoms with Crippen LogP contribution in [0.3, 0.4) is 0 Å². The van der Waals surface area contributed by atoms with Crippen LogP contribution in [0.25, 0.3) is 0 Å². The first-order valence-corrected chi connectivity index (χ1v) is 8.15. The molecule has 0 unspecified atom stereocenters. The molecule has 2 aromatic carbocycles. The molecular weight excluding hydrogens is 272 g/mol. The Hall–Kier alpha value is -1.64. The minimum Gasteiger partial charge on any atom is -0.368 e. The average Bonchev–Trinajstić information content (AvgIpc) is 2.57. The van der Waals surface area contributed by atoms with E-state index in [0.29, 0.717) is 13.2 Å². The summed E-state index contributed by atoms with van der Waals surface area (Å²) in [5.74, 6) is 0. The number of hydrogen-bond donors (Lipinski definition) is 0. The van der Waals surface area contributed by atoms with Gasteiger partial charge >= 0.3 is 0 Å². The van der Waals surface area contributed by atoms with Crippen molar-refractivity contribution in [3.8, 4) is 0 Å². The van der Waals surface area contributed by atoms with Gasteiger partial charge in [-0.1, -0.05) is 67.4 Å². The number of hydrogen-bond acceptors (Lipinski definition) is 2. The molecule has 0 N–H and O–H groups in total. The maximum Gasteiger partial charge on any atom is 0.106 e. The van der Waals surface area contributed by atoms with Gasteiger partial charge in [0.1, 0.15) is 12.2 Å². The fourth-order valence-electron chi connectivity index (χ4n) is 2.86. The van der Waals surface area contributed by atoms with Gasteiger partial charge in [-0.2, -0.15) is 0 Å². The van der Waals surface area contributed by atoms with E-state index in [1.807, 2.05) is 0 Å². The van der Waals surface area contributed by atoms with Crippen LogP contribution in [-0.2, 0) is 15.9 Å². The van der Waals surface area contributed by atoms with Crippen molar-refractivity contribution in [1.29, 1.82) is 0 Å². The molecule has 0 radical (unpaired) electrons. The second-order valence-electron chi connectivity index (χ2n) is 6.05. The fourth-order valence-corrected chi connectivity index (χ4v) is 2.86.